The van der Waals surface area contributed by atoms with Crippen molar-refractivity contribution in [1.29, 1.82) is 0 Å². The highest BCUT2D eigenvalue weighted by Crippen LogP contribution is 2.21. The molecule has 0 aliphatic heterocycles. The molecule has 0 aliphatic carbocycles. The van der Waals surface area contributed by atoms with E-state index in [0.29, 0.717) is 0 Å². The van der Waals surface area contributed by atoms with Crippen molar-refractivity contribution >= 4 is 0 Å². The van der Waals surface area contributed by atoms with Crippen molar-refractivity contribution in [2.24, 2.45) is 0 Å². The van der Waals surface area contributed by atoms with Crippen molar-refractivity contribution in [3.8, 4) is 0 Å². The Bertz CT molecular complexity index is 299. The SMILES string of the molecule is CCCCCOC(CC)C(NC)c1ccccc1. The van der Waals surface area contributed by atoms with Crippen LogP contribution < -0.4 is 5.32 Å². The van der Waals surface area contributed by atoms with Gasteiger partial charge in [0, 0.05) is 6.61 Å². The summed E-state index contributed by atoms with van der Waals surface area (Å²) in [6, 6.07) is 10.8. The first kappa shape index (κ1) is 15.2. The van der Waals surface area contributed by atoms with Crippen LogP contribution in [0, 0.1) is 0 Å². The number of hydrogen-bond donors (Lipinski definition) is 1. The Morgan fingerprint density at radius 1 is 1.11 bits per heavy atom. The molecule has 1 rings (SSSR count). The van der Waals surface area contributed by atoms with Gasteiger partial charge >= 0.3 is 0 Å². The molecule has 2 unspecified atom stereocenters. The summed E-state index contributed by atoms with van der Waals surface area (Å²) in [4.78, 5) is 0. The second-order valence-corrected chi connectivity index (χ2v) is 4.70. The van der Waals surface area contributed by atoms with E-state index in [1.54, 1.807) is 0 Å². The predicted octanol–water partition coefficient (Wildman–Crippen LogP) is 3.93. The Morgan fingerprint density at radius 3 is 2.39 bits per heavy atom. The van der Waals surface area contributed by atoms with Crippen LogP contribution in [0.25, 0.3) is 0 Å². The maximum atomic E-state index is 6.04. The number of hydrogen-bond acceptors (Lipinski definition) is 2. The zero-order chi connectivity index (χ0) is 13.2. The van der Waals surface area contributed by atoms with Crippen molar-refractivity contribution in [2.45, 2.75) is 51.7 Å². The topological polar surface area (TPSA) is 21.3 Å². The summed E-state index contributed by atoms with van der Waals surface area (Å²) in [5.74, 6) is 0. The van der Waals surface area contributed by atoms with Crippen LogP contribution in [0.1, 0.15) is 51.1 Å². The summed E-state index contributed by atoms with van der Waals surface area (Å²) in [7, 11) is 2.01. The van der Waals surface area contributed by atoms with Gasteiger partial charge < -0.3 is 10.1 Å². The van der Waals surface area contributed by atoms with Crippen LogP contribution in [-0.4, -0.2) is 19.8 Å². The number of unbranched alkanes of at least 4 members (excludes halogenated alkanes) is 2. The van der Waals surface area contributed by atoms with Gasteiger partial charge in [-0.3, -0.25) is 0 Å². The van der Waals surface area contributed by atoms with E-state index in [4.69, 9.17) is 4.74 Å². The van der Waals surface area contributed by atoms with Crippen LogP contribution in [0.3, 0.4) is 0 Å². The van der Waals surface area contributed by atoms with Crippen molar-refractivity contribution in [2.75, 3.05) is 13.7 Å². The highest BCUT2D eigenvalue weighted by Gasteiger charge is 2.20. The molecule has 0 radical (unpaired) electrons. The molecule has 1 aromatic rings. The Labute approximate surface area is 112 Å². The van der Waals surface area contributed by atoms with Gasteiger partial charge in [-0.2, -0.15) is 0 Å². The third-order valence-electron chi connectivity index (χ3n) is 3.32. The second-order valence-electron chi connectivity index (χ2n) is 4.70. The molecule has 0 saturated carbocycles. The molecule has 18 heavy (non-hydrogen) atoms. The minimum Gasteiger partial charge on any atom is -0.376 e. The molecule has 1 N–H and O–H groups in total. The zero-order valence-electron chi connectivity index (χ0n) is 12.0. The van der Waals surface area contributed by atoms with Gasteiger partial charge in [0.05, 0.1) is 12.1 Å². The standard InChI is InChI=1S/C16H27NO/c1-4-6-10-13-18-15(5-2)16(17-3)14-11-8-7-9-12-14/h7-9,11-12,15-17H,4-6,10,13H2,1-3H3. The average molecular weight is 249 g/mol. The highest BCUT2D eigenvalue weighted by atomic mass is 16.5. The van der Waals surface area contributed by atoms with Gasteiger partial charge in [0.2, 0.25) is 0 Å². The molecule has 0 fully saturated rings. The number of rotatable bonds is 9. The predicted molar refractivity (Wildman–Crippen MR) is 77.8 cm³/mol. The average Bonchev–Trinajstić information content (AvgIpc) is 2.43. The minimum atomic E-state index is 0.259. The number of likely N-dealkylation sites (N-methyl/N-ethyl adjacent to an activating group) is 1. The molecular formula is C16H27NO. The van der Waals surface area contributed by atoms with Gasteiger partial charge in [0.1, 0.15) is 0 Å². The third kappa shape index (κ3) is 4.79. The smallest absolute Gasteiger partial charge is 0.0767 e. The van der Waals surface area contributed by atoms with Crippen molar-refractivity contribution < 1.29 is 4.74 Å². The van der Waals surface area contributed by atoms with E-state index in [-0.39, 0.29) is 12.1 Å². The monoisotopic (exact) mass is 249 g/mol. The normalized spacial score (nSPS) is 14.4. The Kier molecular flexibility index (Phi) is 7.70. The lowest BCUT2D eigenvalue weighted by molar-refractivity contribution is 0.0231. The van der Waals surface area contributed by atoms with Crippen molar-refractivity contribution in [1.82, 2.24) is 5.32 Å². The van der Waals surface area contributed by atoms with Crippen molar-refractivity contribution in [3.63, 3.8) is 0 Å². The minimum absolute atomic E-state index is 0.259. The van der Waals surface area contributed by atoms with Crippen LogP contribution in [0.2, 0.25) is 0 Å². The third-order valence-corrected chi connectivity index (χ3v) is 3.32. The lowest BCUT2D eigenvalue weighted by Gasteiger charge is -2.26. The molecule has 0 spiro atoms. The van der Waals surface area contributed by atoms with Crippen molar-refractivity contribution in [3.05, 3.63) is 35.9 Å². The molecule has 0 saturated heterocycles. The first-order valence-corrected chi connectivity index (χ1v) is 7.17. The van der Waals surface area contributed by atoms with Crippen LogP contribution in [0.15, 0.2) is 30.3 Å². The molecule has 0 aliphatic rings. The van der Waals surface area contributed by atoms with Crippen LogP contribution in [0.4, 0.5) is 0 Å². The summed E-state index contributed by atoms with van der Waals surface area (Å²) in [5.41, 5.74) is 1.31. The lowest BCUT2D eigenvalue weighted by Crippen LogP contribution is -2.31. The fraction of sp³-hybridized carbons (Fsp3) is 0.625. The molecule has 2 atom stereocenters. The summed E-state index contributed by atoms with van der Waals surface area (Å²) in [6.45, 7) is 5.28. The Morgan fingerprint density at radius 2 is 1.83 bits per heavy atom. The van der Waals surface area contributed by atoms with Gasteiger partial charge in [-0.25, -0.2) is 0 Å². The summed E-state index contributed by atoms with van der Waals surface area (Å²) in [5, 5.41) is 3.39. The van der Waals surface area contributed by atoms with E-state index in [1.165, 1.54) is 18.4 Å². The first-order valence-electron chi connectivity index (χ1n) is 7.17. The lowest BCUT2D eigenvalue weighted by atomic mass is 10.00. The summed E-state index contributed by atoms with van der Waals surface area (Å²) >= 11 is 0. The number of benzene rings is 1. The van der Waals surface area contributed by atoms with E-state index >= 15 is 0 Å². The van der Waals surface area contributed by atoms with Gasteiger partial charge in [-0.1, -0.05) is 57.0 Å². The Hall–Kier alpha value is -0.860. The Balaban J connectivity index is 2.55. The molecule has 0 amide bonds. The van der Waals surface area contributed by atoms with Gasteiger partial charge in [0.25, 0.3) is 0 Å². The van der Waals surface area contributed by atoms with Crippen LogP contribution in [0.5, 0.6) is 0 Å². The van der Waals surface area contributed by atoms with Crippen LogP contribution >= 0.6 is 0 Å². The molecule has 0 bridgehead atoms. The number of nitrogens with one attached hydrogen (secondary N) is 1. The maximum absolute atomic E-state index is 6.04. The molecule has 1 aromatic carbocycles. The van der Waals surface area contributed by atoms with E-state index in [9.17, 15) is 0 Å². The highest BCUT2D eigenvalue weighted by molar-refractivity contribution is 5.20. The summed E-state index contributed by atoms with van der Waals surface area (Å²) in [6.07, 6.45) is 4.96. The van der Waals surface area contributed by atoms with E-state index in [0.717, 1.165) is 19.4 Å². The summed E-state index contributed by atoms with van der Waals surface area (Å²) < 4.78 is 6.04. The van der Waals surface area contributed by atoms with E-state index in [1.807, 2.05) is 7.05 Å². The number of ether oxygens (including phenoxy) is 1. The maximum Gasteiger partial charge on any atom is 0.0767 e. The largest absolute Gasteiger partial charge is 0.376 e. The zero-order valence-corrected chi connectivity index (χ0v) is 12.0. The quantitative estimate of drug-likeness (QED) is 0.669. The first-order chi connectivity index (χ1) is 8.83. The fourth-order valence-electron chi connectivity index (χ4n) is 2.26. The molecular weight excluding hydrogens is 222 g/mol. The van der Waals surface area contributed by atoms with Gasteiger partial charge in [-0.15, -0.1) is 0 Å². The van der Waals surface area contributed by atoms with Gasteiger partial charge in [0.15, 0.2) is 0 Å². The van der Waals surface area contributed by atoms with E-state index in [2.05, 4.69) is 49.5 Å². The van der Waals surface area contributed by atoms with E-state index < -0.39 is 0 Å². The molecule has 102 valence electrons. The fourth-order valence-corrected chi connectivity index (χ4v) is 2.26. The molecule has 0 aromatic heterocycles. The van der Waals surface area contributed by atoms with Gasteiger partial charge in [-0.05, 0) is 25.5 Å². The van der Waals surface area contributed by atoms with Crippen LogP contribution in [-0.2, 0) is 4.74 Å². The molecule has 0 heterocycles. The molecule has 2 nitrogen and oxygen atoms in total. The molecule has 2 heteroatoms. The second kappa shape index (κ2) is 9.12.